The quantitative estimate of drug-likeness (QED) is 0.796. The molecule has 0 bridgehead atoms. The SMILES string of the molecule is CC(C)c1ccccc1Nc1cc(C(N)=O)c(N)cn1. The first-order chi connectivity index (χ1) is 9.49. The predicted molar refractivity (Wildman–Crippen MR) is 81.0 cm³/mol. The predicted octanol–water partition coefficient (Wildman–Crippen LogP) is 2.63. The van der Waals surface area contributed by atoms with Gasteiger partial charge in [-0.1, -0.05) is 32.0 Å². The van der Waals surface area contributed by atoms with Crippen LogP contribution in [0.1, 0.15) is 35.7 Å². The van der Waals surface area contributed by atoms with Crippen molar-refractivity contribution in [2.75, 3.05) is 11.1 Å². The van der Waals surface area contributed by atoms with E-state index in [0.29, 0.717) is 11.7 Å². The number of aromatic nitrogens is 1. The molecule has 5 nitrogen and oxygen atoms in total. The number of pyridine rings is 1. The van der Waals surface area contributed by atoms with Crippen LogP contribution in [0, 0.1) is 0 Å². The lowest BCUT2D eigenvalue weighted by Gasteiger charge is -2.14. The van der Waals surface area contributed by atoms with Gasteiger partial charge in [0.25, 0.3) is 5.91 Å². The van der Waals surface area contributed by atoms with Gasteiger partial charge in [-0.15, -0.1) is 0 Å². The van der Waals surface area contributed by atoms with Crippen LogP contribution >= 0.6 is 0 Å². The average Bonchev–Trinajstić information content (AvgIpc) is 2.41. The number of hydrogen-bond acceptors (Lipinski definition) is 4. The Kier molecular flexibility index (Phi) is 3.89. The van der Waals surface area contributed by atoms with E-state index in [1.165, 1.54) is 11.8 Å². The molecule has 0 spiro atoms. The summed E-state index contributed by atoms with van der Waals surface area (Å²) >= 11 is 0. The van der Waals surface area contributed by atoms with Gasteiger partial charge in [-0.05, 0) is 23.6 Å². The van der Waals surface area contributed by atoms with Crippen molar-refractivity contribution < 1.29 is 4.79 Å². The summed E-state index contributed by atoms with van der Waals surface area (Å²) in [6.07, 6.45) is 1.43. The molecule has 20 heavy (non-hydrogen) atoms. The van der Waals surface area contributed by atoms with E-state index in [0.717, 1.165) is 5.69 Å². The summed E-state index contributed by atoms with van der Waals surface area (Å²) in [7, 11) is 0. The molecule has 5 heteroatoms. The van der Waals surface area contributed by atoms with Crippen LogP contribution in [0.25, 0.3) is 0 Å². The first-order valence-corrected chi connectivity index (χ1v) is 6.40. The molecule has 0 radical (unpaired) electrons. The number of anilines is 3. The third kappa shape index (κ3) is 2.88. The van der Waals surface area contributed by atoms with Crippen molar-refractivity contribution >= 4 is 23.1 Å². The highest BCUT2D eigenvalue weighted by Crippen LogP contribution is 2.27. The Morgan fingerprint density at radius 1 is 1.30 bits per heavy atom. The molecule has 0 fully saturated rings. The number of nitrogen functional groups attached to an aromatic ring is 1. The minimum Gasteiger partial charge on any atom is -0.397 e. The number of primary amides is 1. The fourth-order valence-corrected chi connectivity index (χ4v) is 2.00. The summed E-state index contributed by atoms with van der Waals surface area (Å²) in [5.41, 5.74) is 13.6. The van der Waals surface area contributed by atoms with Crippen molar-refractivity contribution in [1.29, 1.82) is 0 Å². The molecule has 104 valence electrons. The average molecular weight is 270 g/mol. The lowest BCUT2D eigenvalue weighted by atomic mass is 10.0. The molecule has 1 amide bonds. The largest absolute Gasteiger partial charge is 0.397 e. The standard InChI is InChI=1S/C15H18N4O/c1-9(2)10-5-3-4-6-13(10)19-14-7-11(15(17)20)12(16)8-18-14/h3-9H,16H2,1-2H3,(H2,17,20)(H,18,19). The van der Waals surface area contributed by atoms with Gasteiger partial charge in [0.1, 0.15) is 5.82 Å². The van der Waals surface area contributed by atoms with Crippen LogP contribution in [0.5, 0.6) is 0 Å². The maximum atomic E-state index is 11.3. The number of amides is 1. The summed E-state index contributed by atoms with van der Waals surface area (Å²) in [6.45, 7) is 4.23. The van der Waals surface area contributed by atoms with Gasteiger partial charge >= 0.3 is 0 Å². The number of benzene rings is 1. The lowest BCUT2D eigenvalue weighted by molar-refractivity contribution is 0.100. The molecule has 1 heterocycles. The van der Waals surface area contributed by atoms with Crippen LogP contribution in [0.3, 0.4) is 0 Å². The van der Waals surface area contributed by atoms with Gasteiger partial charge < -0.3 is 16.8 Å². The second-order valence-corrected chi connectivity index (χ2v) is 4.89. The smallest absolute Gasteiger partial charge is 0.250 e. The first kappa shape index (κ1) is 13.9. The van der Waals surface area contributed by atoms with E-state index in [4.69, 9.17) is 11.5 Å². The Hall–Kier alpha value is -2.56. The lowest BCUT2D eigenvalue weighted by Crippen LogP contribution is -2.14. The summed E-state index contributed by atoms with van der Waals surface area (Å²) in [5.74, 6) is 0.356. The van der Waals surface area contributed by atoms with Gasteiger partial charge in [-0.2, -0.15) is 0 Å². The van der Waals surface area contributed by atoms with Crippen molar-refractivity contribution in [3.63, 3.8) is 0 Å². The van der Waals surface area contributed by atoms with Crippen LogP contribution in [-0.2, 0) is 0 Å². The molecule has 2 rings (SSSR count). The number of carbonyl (C=O) groups excluding carboxylic acids is 1. The topological polar surface area (TPSA) is 94.0 Å². The summed E-state index contributed by atoms with van der Waals surface area (Å²) in [6, 6.07) is 9.53. The minimum absolute atomic E-state index is 0.268. The number of nitrogens with two attached hydrogens (primary N) is 2. The molecule has 0 unspecified atom stereocenters. The van der Waals surface area contributed by atoms with Crippen LogP contribution in [0.15, 0.2) is 36.5 Å². The van der Waals surface area contributed by atoms with E-state index in [1.807, 2.05) is 18.2 Å². The number of rotatable bonds is 4. The third-order valence-electron chi connectivity index (χ3n) is 3.05. The molecule has 0 saturated heterocycles. The molecule has 2 aromatic rings. The molecule has 5 N–H and O–H groups in total. The number of carbonyl (C=O) groups is 1. The Morgan fingerprint density at radius 2 is 2.00 bits per heavy atom. The van der Waals surface area contributed by atoms with Gasteiger partial charge in [0.05, 0.1) is 17.4 Å². The molecule has 0 aliphatic rings. The highest BCUT2D eigenvalue weighted by atomic mass is 16.1. The molecular formula is C15H18N4O. The van der Waals surface area contributed by atoms with Gasteiger partial charge in [0.2, 0.25) is 0 Å². The van der Waals surface area contributed by atoms with Crippen LogP contribution in [-0.4, -0.2) is 10.9 Å². The maximum Gasteiger partial charge on any atom is 0.250 e. The van der Waals surface area contributed by atoms with E-state index in [9.17, 15) is 4.79 Å². The van der Waals surface area contributed by atoms with Crippen molar-refractivity contribution in [1.82, 2.24) is 4.98 Å². The van der Waals surface area contributed by atoms with E-state index >= 15 is 0 Å². The minimum atomic E-state index is -0.565. The zero-order valence-corrected chi connectivity index (χ0v) is 11.6. The molecule has 1 aromatic heterocycles. The second kappa shape index (κ2) is 5.61. The maximum absolute atomic E-state index is 11.3. The van der Waals surface area contributed by atoms with Crippen LogP contribution in [0.4, 0.5) is 17.2 Å². The molecule has 1 aromatic carbocycles. The summed E-state index contributed by atoms with van der Waals surface area (Å²) < 4.78 is 0. The zero-order valence-electron chi connectivity index (χ0n) is 11.6. The fraction of sp³-hybridized carbons (Fsp3) is 0.200. The number of para-hydroxylation sites is 1. The van der Waals surface area contributed by atoms with Crippen molar-refractivity contribution in [3.8, 4) is 0 Å². The number of nitrogens with one attached hydrogen (secondary N) is 1. The normalized spacial score (nSPS) is 10.6. The monoisotopic (exact) mass is 270 g/mol. The fourth-order valence-electron chi connectivity index (χ4n) is 2.00. The third-order valence-corrected chi connectivity index (χ3v) is 3.05. The van der Waals surface area contributed by atoms with E-state index in [-0.39, 0.29) is 11.3 Å². The Bertz CT molecular complexity index is 638. The number of nitrogens with zero attached hydrogens (tertiary/aromatic N) is 1. The molecule has 0 aliphatic carbocycles. The first-order valence-electron chi connectivity index (χ1n) is 6.40. The Balaban J connectivity index is 2.36. The van der Waals surface area contributed by atoms with Crippen LogP contribution < -0.4 is 16.8 Å². The van der Waals surface area contributed by atoms with Crippen molar-refractivity contribution in [2.24, 2.45) is 5.73 Å². The zero-order chi connectivity index (χ0) is 14.7. The van der Waals surface area contributed by atoms with Gasteiger partial charge in [-0.25, -0.2) is 4.98 Å². The van der Waals surface area contributed by atoms with Gasteiger partial charge in [0, 0.05) is 5.69 Å². The molecule has 0 aliphatic heterocycles. The van der Waals surface area contributed by atoms with E-state index in [2.05, 4.69) is 30.2 Å². The van der Waals surface area contributed by atoms with Crippen molar-refractivity contribution in [3.05, 3.63) is 47.7 Å². The molecule has 0 saturated carbocycles. The Labute approximate surface area is 118 Å². The highest BCUT2D eigenvalue weighted by Gasteiger charge is 2.10. The number of hydrogen-bond donors (Lipinski definition) is 3. The second-order valence-electron chi connectivity index (χ2n) is 4.89. The summed E-state index contributed by atoms with van der Waals surface area (Å²) in [5, 5.41) is 3.20. The molecule has 0 atom stereocenters. The highest BCUT2D eigenvalue weighted by molar-refractivity contribution is 5.98. The van der Waals surface area contributed by atoms with Gasteiger partial charge in [0.15, 0.2) is 0 Å². The van der Waals surface area contributed by atoms with Gasteiger partial charge in [-0.3, -0.25) is 4.79 Å². The van der Waals surface area contributed by atoms with Crippen LogP contribution in [0.2, 0.25) is 0 Å². The molecular weight excluding hydrogens is 252 g/mol. The van der Waals surface area contributed by atoms with Crippen molar-refractivity contribution in [2.45, 2.75) is 19.8 Å². The van der Waals surface area contributed by atoms with E-state index < -0.39 is 5.91 Å². The summed E-state index contributed by atoms with van der Waals surface area (Å²) in [4.78, 5) is 15.5. The van der Waals surface area contributed by atoms with E-state index in [1.54, 1.807) is 6.07 Å². The Morgan fingerprint density at radius 3 is 2.65 bits per heavy atom.